The Morgan fingerprint density at radius 2 is 1.70 bits per heavy atom. The summed E-state index contributed by atoms with van der Waals surface area (Å²) < 4.78 is 0. The van der Waals surface area contributed by atoms with Gasteiger partial charge in [-0.2, -0.15) is 0 Å². The Morgan fingerprint density at radius 1 is 1.10 bits per heavy atom. The highest BCUT2D eigenvalue weighted by molar-refractivity contribution is 5.72. The third-order valence-corrected chi connectivity index (χ3v) is 4.89. The largest absolute Gasteiger partial charge is 0.355 e. The Hall–Kier alpha value is -1.35. The van der Waals surface area contributed by atoms with Crippen LogP contribution in [0.4, 0.5) is 0 Å². The van der Waals surface area contributed by atoms with E-state index in [9.17, 15) is 4.79 Å². The lowest BCUT2D eigenvalue weighted by Gasteiger charge is -2.23. The van der Waals surface area contributed by atoms with Gasteiger partial charge in [-0.1, -0.05) is 24.3 Å². The van der Waals surface area contributed by atoms with Gasteiger partial charge in [0.05, 0.1) is 0 Å². The molecule has 3 rings (SSSR count). The molecule has 0 aromatic heterocycles. The number of carbonyl (C=O) groups excluding carboxylic acids is 1. The highest BCUT2D eigenvalue weighted by Gasteiger charge is 2.38. The minimum Gasteiger partial charge on any atom is -0.355 e. The minimum atomic E-state index is 0.0584. The summed E-state index contributed by atoms with van der Waals surface area (Å²) in [5.41, 5.74) is 3.10. The van der Waals surface area contributed by atoms with E-state index in [1.165, 1.54) is 25.7 Å². The second-order valence-corrected chi connectivity index (χ2v) is 6.24. The lowest BCUT2D eigenvalue weighted by Crippen LogP contribution is -2.42. The molecule has 2 atom stereocenters. The molecule has 0 saturated heterocycles. The topological polar surface area (TPSA) is 41.1 Å². The quantitative estimate of drug-likeness (QED) is 0.822. The standard InChI is InChI=1S/C17H24N2O/c1-12(20)18-8-9-19-17-15-6-7-16(17)11-14-5-3-2-4-13(14)10-15/h2-5,15-17,19H,6-11H2,1H3,(H,18,20). The van der Waals surface area contributed by atoms with E-state index in [0.717, 1.165) is 24.9 Å². The molecule has 2 aliphatic carbocycles. The molecule has 1 aromatic rings. The normalized spacial score (nSPS) is 27.8. The van der Waals surface area contributed by atoms with Crippen molar-refractivity contribution < 1.29 is 4.79 Å². The maximum atomic E-state index is 10.9. The van der Waals surface area contributed by atoms with Crippen molar-refractivity contribution in [3.05, 3.63) is 35.4 Å². The lowest BCUT2D eigenvalue weighted by atomic mass is 9.94. The maximum Gasteiger partial charge on any atom is 0.216 e. The molecule has 20 heavy (non-hydrogen) atoms. The molecular formula is C17H24N2O. The Balaban J connectivity index is 1.62. The molecule has 0 aliphatic heterocycles. The molecule has 2 unspecified atom stereocenters. The Labute approximate surface area is 121 Å². The number of rotatable bonds is 4. The molecule has 108 valence electrons. The van der Waals surface area contributed by atoms with E-state index in [4.69, 9.17) is 0 Å². The Kier molecular flexibility index (Phi) is 4.06. The van der Waals surface area contributed by atoms with Crippen LogP contribution >= 0.6 is 0 Å². The van der Waals surface area contributed by atoms with Crippen molar-refractivity contribution in [1.82, 2.24) is 10.6 Å². The van der Waals surface area contributed by atoms with Crippen molar-refractivity contribution in [2.45, 2.75) is 38.6 Å². The predicted octanol–water partition coefficient (Wildman–Crippen LogP) is 1.91. The number of hydrogen-bond donors (Lipinski definition) is 2. The Bertz CT molecular complexity index is 453. The van der Waals surface area contributed by atoms with Crippen LogP contribution in [0.5, 0.6) is 0 Å². The van der Waals surface area contributed by atoms with Crippen molar-refractivity contribution in [2.24, 2.45) is 11.8 Å². The zero-order valence-electron chi connectivity index (χ0n) is 12.2. The van der Waals surface area contributed by atoms with Gasteiger partial charge in [-0.15, -0.1) is 0 Å². The van der Waals surface area contributed by atoms with Crippen LogP contribution in [0.25, 0.3) is 0 Å². The van der Waals surface area contributed by atoms with Crippen molar-refractivity contribution >= 4 is 5.91 Å². The molecule has 2 N–H and O–H groups in total. The number of amides is 1. The third kappa shape index (κ3) is 2.88. The van der Waals surface area contributed by atoms with Crippen LogP contribution in [-0.2, 0) is 17.6 Å². The number of carbonyl (C=O) groups is 1. The summed E-state index contributed by atoms with van der Waals surface area (Å²) in [4.78, 5) is 10.9. The summed E-state index contributed by atoms with van der Waals surface area (Å²) in [7, 11) is 0. The van der Waals surface area contributed by atoms with Gasteiger partial charge in [-0.05, 0) is 48.6 Å². The van der Waals surface area contributed by atoms with Crippen LogP contribution in [0.3, 0.4) is 0 Å². The second kappa shape index (κ2) is 5.96. The van der Waals surface area contributed by atoms with Gasteiger partial charge >= 0.3 is 0 Å². The third-order valence-electron chi connectivity index (χ3n) is 4.89. The summed E-state index contributed by atoms with van der Waals surface area (Å²) in [6, 6.07) is 9.54. The SMILES string of the molecule is CC(=O)NCCNC1C2CCC1Cc1ccccc1C2. The number of benzene rings is 1. The highest BCUT2D eigenvalue weighted by atomic mass is 16.1. The first-order valence-electron chi connectivity index (χ1n) is 7.78. The molecule has 3 nitrogen and oxygen atoms in total. The first kappa shape index (κ1) is 13.6. The van der Waals surface area contributed by atoms with Crippen LogP contribution in [0.1, 0.15) is 30.9 Å². The zero-order valence-corrected chi connectivity index (χ0v) is 12.2. The van der Waals surface area contributed by atoms with Gasteiger partial charge in [0.1, 0.15) is 0 Å². The molecule has 2 aliphatic rings. The smallest absolute Gasteiger partial charge is 0.216 e. The molecule has 1 aromatic carbocycles. The molecular weight excluding hydrogens is 248 g/mol. The summed E-state index contributed by atoms with van der Waals surface area (Å²) in [5.74, 6) is 1.59. The summed E-state index contributed by atoms with van der Waals surface area (Å²) >= 11 is 0. The summed E-state index contributed by atoms with van der Waals surface area (Å²) in [6.07, 6.45) is 5.11. The fraction of sp³-hybridized carbons (Fsp3) is 0.588. The minimum absolute atomic E-state index is 0.0584. The predicted molar refractivity (Wildman–Crippen MR) is 80.5 cm³/mol. The Morgan fingerprint density at radius 3 is 2.25 bits per heavy atom. The van der Waals surface area contributed by atoms with Crippen molar-refractivity contribution in [3.8, 4) is 0 Å². The van der Waals surface area contributed by atoms with Gasteiger partial charge in [0.2, 0.25) is 5.91 Å². The van der Waals surface area contributed by atoms with E-state index in [2.05, 4.69) is 34.9 Å². The molecule has 0 radical (unpaired) electrons. The van der Waals surface area contributed by atoms with Crippen LogP contribution < -0.4 is 10.6 Å². The van der Waals surface area contributed by atoms with Crippen molar-refractivity contribution in [1.29, 1.82) is 0 Å². The monoisotopic (exact) mass is 272 g/mol. The average molecular weight is 272 g/mol. The average Bonchev–Trinajstić information content (AvgIpc) is 2.69. The van der Waals surface area contributed by atoms with Crippen LogP contribution in [0, 0.1) is 11.8 Å². The van der Waals surface area contributed by atoms with E-state index < -0.39 is 0 Å². The van der Waals surface area contributed by atoms with Crippen LogP contribution in [0.15, 0.2) is 24.3 Å². The van der Waals surface area contributed by atoms with E-state index in [1.807, 2.05) is 0 Å². The fourth-order valence-electron chi connectivity index (χ4n) is 3.96. The van der Waals surface area contributed by atoms with E-state index in [-0.39, 0.29) is 5.91 Å². The number of nitrogens with one attached hydrogen (secondary N) is 2. The van der Waals surface area contributed by atoms with Gasteiger partial charge in [0, 0.05) is 26.1 Å². The fourth-order valence-corrected chi connectivity index (χ4v) is 3.96. The molecule has 1 amide bonds. The molecule has 0 heterocycles. The first-order valence-corrected chi connectivity index (χ1v) is 7.78. The summed E-state index contributed by atoms with van der Waals surface area (Å²) in [5, 5.41) is 6.57. The van der Waals surface area contributed by atoms with Gasteiger partial charge in [0.25, 0.3) is 0 Å². The number of hydrogen-bond acceptors (Lipinski definition) is 2. The maximum absolute atomic E-state index is 10.9. The van der Waals surface area contributed by atoms with Crippen molar-refractivity contribution in [3.63, 3.8) is 0 Å². The summed E-state index contributed by atoms with van der Waals surface area (Å²) in [6.45, 7) is 3.19. The molecule has 1 saturated carbocycles. The van der Waals surface area contributed by atoms with Crippen LogP contribution in [-0.4, -0.2) is 25.0 Å². The molecule has 0 spiro atoms. The van der Waals surface area contributed by atoms with Gasteiger partial charge in [0.15, 0.2) is 0 Å². The highest BCUT2D eigenvalue weighted by Crippen LogP contribution is 2.39. The van der Waals surface area contributed by atoms with Crippen LogP contribution in [0.2, 0.25) is 0 Å². The lowest BCUT2D eigenvalue weighted by molar-refractivity contribution is -0.118. The first-order chi connectivity index (χ1) is 9.74. The zero-order chi connectivity index (χ0) is 13.9. The van der Waals surface area contributed by atoms with E-state index in [1.54, 1.807) is 18.1 Å². The van der Waals surface area contributed by atoms with Gasteiger partial charge in [-0.3, -0.25) is 4.79 Å². The second-order valence-electron chi connectivity index (χ2n) is 6.24. The molecule has 2 bridgehead atoms. The molecule has 3 heteroatoms. The van der Waals surface area contributed by atoms with Gasteiger partial charge in [-0.25, -0.2) is 0 Å². The van der Waals surface area contributed by atoms with Crippen molar-refractivity contribution in [2.75, 3.05) is 13.1 Å². The number of fused-ring (bicyclic) bond motifs is 3. The van der Waals surface area contributed by atoms with Gasteiger partial charge < -0.3 is 10.6 Å². The molecule has 1 fully saturated rings. The van der Waals surface area contributed by atoms with E-state index in [0.29, 0.717) is 6.04 Å². The van der Waals surface area contributed by atoms with E-state index >= 15 is 0 Å².